The number of pyridine rings is 1. The Labute approximate surface area is 128 Å². The Kier molecular flexibility index (Phi) is 4.41. The van der Waals surface area contributed by atoms with Crippen LogP contribution in [0.1, 0.15) is 27.4 Å². The topological polar surface area (TPSA) is 57.0 Å². The summed E-state index contributed by atoms with van der Waals surface area (Å²) in [4.78, 5) is 15.3. The molecule has 2 rings (SSSR count). The molecule has 5 nitrogen and oxygen atoms in total. The predicted molar refractivity (Wildman–Crippen MR) is 71.7 cm³/mol. The Bertz CT molecular complexity index is 713. The smallest absolute Gasteiger partial charge is 0.417 e. The van der Waals surface area contributed by atoms with Gasteiger partial charge in [-0.05, 0) is 19.1 Å². The number of nitrogens with zero attached hydrogens (tertiary/aromatic N) is 3. The van der Waals surface area contributed by atoms with Crippen molar-refractivity contribution in [2.45, 2.75) is 19.6 Å². The molecule has 2 aromatic heterocycles. The molecule has 0 saturated heterocycles. The van der Waals surface area contributed by atoms with E-state index in [1.807, 2.05) is 0 Å². The molecule has 0 spiro atoms. The molecular formula is C13H11ClF3N3O2. The van der Waals surface area contributed by atoms with Gasteiger partial charge in [0.25, 0.3) is 0 Å². The van der Waals surface area contributed by atoms with Crippen molar-refractivity contribution in [1.82, 2.24) is 14.8 Å². The van der Waals surface area contributed by atoms with Gasteiger partial charge in [0.1, 0.15) is 5.69 Å². The quantitative estimate of drug-likeness (QED) is 0.810. The third-order valence-corrected chi connectivity index (χ3v) is 3.17. The second-order valence-electron chi connectivity index (χ2n) is 4.47. The highest BCUT2D eigenvalue weighted by molar-refractivity contribution is 6.31. The van der Waals surface area contributed by atoms with Crippen LogP contribution in [0.15, 0.2) is 18.3 Å². The maximum Gasteiger partial charge on any atom is 0.417 e. The molecule has 0 bridgehead atoms. The molecule has 0 saturated carbocycles. The molecule has 0 atom stereocenters. The summed E-state index contributed by atoms with van der Waals surface area (Å²) in [5, 5.41) is 3.93. The minimum Gasteiger partial charge on any atom is -0.464 e. The molecular weight excluding hydrogens is 323 g/mol. The van der Waals surface area contributed by atoms with E-state index in [1.165, 1.54) is 17.9 Å². The van der Waals surface area contributed by atoms with Gasteiger partial charge in [0.15, 0.2) is 0 Å². The van der Waals surface area contributed by atoms with Crippen molar-refractivity contribution in [3.63, 3.8) is 0 Å². The Balaban J connectivity index is 2.34. The summed E-state index contributed by atoms with van der Waals surface area (Å²) in [6, 6.07) is 2.29. The average molecular weight is 334 g/mol. The van der Waals surface area contributed by atoms with Gasteiger partial charge in [-0.3, -0.25) is 9.67 Å². The number of hydrogen-bond acceptors (Lipinski definition) is 4. The summed E-state index contributed by atoms with van der Waals surface area (Å²) in [6.45, 7) is 1.62. The van der Waals surface area contributed by atoms with Gasteiger partial charge in [0, 0.05) is 6.20 Å². The first-order valence-corrected chi connectivity index (χ1v) is 6.44. The van der Waals surface area contributed by atoms with E-state index < -0.39 is 17.7 Å². The monoisotopic (exact) mass is 333 g/mol. The largest absolute Gasteiger partial charge is 0.464 e. The van der Waals surface area contributed by atoms with Crippen LogP contribution in [0.3, 0.4) is 0 Å². The molecule has 22 heavy (non-hydrogen) atoms. The molecule has 0 radical (unpaired) electrons. The van der Waals surface area contributed by atoms with Crippen LogP contribution in [0.25, 0.3) is 0 Å². The summed E-state index contributed by atoms with van der Waals surface area (Å²) < 4.78 is 43.6. The third-order valence-electron chi connectivity index (χ3n) is 2.84. The van der Waals surface area contributed by atoms with Gasteiger partial charge in [0.05, 0.1) is 35.6 Å². The third kappa shape index (κ3) is 3.38. The summed E-state index contributed by atoms with van der Waals surface area (Å²) in [6.07, 6.45) is -3.83. The van der Waals surface area contributed by atoms with E-state index in [2.05, 4.69) is 14.8 Å². The Hall–Kier alpha value is -2.09. The van der Waals surface area contributed by atoms with Crippen molar-refractivity contribution in [2.24, 2.45) is 0 Å². The number of methoxy groups -OCH3 is 1. The summed E-state index contributed by atoms with van der Waals surface area (Å²) >= 11 is 5.84. The second kappa shape index (κ2) is 5.96. The molecule has 2 aromatic rings. The zero-order valence-corrected chi connectivity index (χ0v) is 12.4. The molecule has 0 amide bonds. The molecule has 118 valence electrons. The lowest BCUT2D eigenvalue weighted by Crippen LogP contribution is -2.14. The van der Waals surface area contributed by atoms with E-state index in [9.17, 15) is 18.0 Å². The fourth-order valence-electron chi connectivity index (χ4n) is 1.81. The fraction of sp³-hybridized carbons (Fsp3) is 0.308. The SMILES string of the molecule is COC(=O)c1cc(C)nn1Cc1ncc(C(F)(F)F)cc1Cl. The van der Waals surface area contributed by atoms with Crippen molar-refractivity contribution in [3.05, 3.63) is 46.0 Å². The number of aromatic nitrogens is 3. The summed E-state index contributed by atoms with van der Waals surface area (Å²) in [5.41, 5.74) is -0.0461. The minimum atomic E-state index is -4.52. The highest BCUT2D eigenvalue weighted by atomic mass is 35.5. The van der Waals surface area contributed by atoms with Crippen LogP contribution in [0.4, 0.5) is 13.2 Å². The first-order valence-electron chi connectivity index (χ1n) is 6.06. The molecule has 0 aromatic carbocycles. The normalized spacial score (nSPS) is 11.5. The molecule has 0 N–H and O–H groups in total. The minimum absolute atomic E-state index is 0.0464. The molecule has 0 aliphatic heterocycles. The number of carbonyl (C=O) groups excluding carboxylic acids is 1. The van der Waals surface area contributed by atoms with Crippen molar-refractivity contribution in [1.29, 1.82) is 0 Å². The Morgan fingerprint density at radius 2 is 2.09 bits per heavy atom. The van der Waals surface area contributed by atoms with Crippen molar-refractivity contribution in [2.75, 3.05) is 7.11 Å². The number of carbonyl (C=O) groups is 1. The lowest BCUT2D eigenvalue weighted by molar-refractivity contribution is -0.137. The van der Waals surface area contributed by atoms with Crippen LogP contribution in [0.5, 0.6) is 0 Å². The van der Waals surface area contributed by atoms with E-state index >= 15 is 0 Å². The van der Waals surface area contributed by atoms with Gasteiger partial charge in [-0.1, -0.05) is 11.6 Å². The van der Waals surface area contributed by atoms with Crippen molar-refractivity contribution >= 4 is 17.6 Å². The van der Waals surface area contributed by atoms with Gasteiger partial charge in [-0.25, -0.2) is 4.79 Å². The van der Waals surface area contributed by atoms with Crippen LogP contribution < -0.4 is 0 Å². The van der Waals surface area contributed by atoms with Gasteiger partial charge >= 0.3 is 12.1 Å². The average Bonchev–Trinajstić information content (AvgIpc) is 2.80. The molecule has 0 unspecified atom stereocenters. The van der Waals surface area contributed by atoms with Crippen LogP contribution in [-0.4, -0.2) is 27.8 Å². The number of esters is 1. The number of alkyl halides is 3. The molecule has 0 aliphatic carbocycles. The summed E-state index contributed by atoms with van der Waals surface area (Å²) in [5.74, 6) is -0.608. The van der Waals surface area contributed by atoms with Gasteiger partial charge in [-0.15, -0.1) is 0 Å². The lowest BCUT2D eigenvalue weighted by atomic mass is 10.2. The highest BCUT2D eigenvalue weighted by Crippen LogP contribution is 2.31. The van der Waals surface area contributed by atoms with Crippen molar-refractivity contribution < 1.29 is 22.7 Å². The van der Waals surface area contributed by atoms with Crippen LogP contribution >= 0.6 is 11.6 Å². The first-order chi connectivity index (χ1) is 10.2. The van der Waals surface area contributed by atoms with E-state index in [4.69, 9.17) is 11.6 Å². The van der Waals surface area contributed by atoms with E-state index in [0.29, 0.717) is 11.9 Å². The predicted octanol–water partition coefficient (Wildman–Crippen LogP) is 3.09. The number of rotatable bonds is 3. The van der Waals surface area contributed by atoms with Gasteiger partial charge in [0.2, 0.25) is 0 Å². The van der Waals surface area contributed by atoms with E-state index in [0.717, 1.165) is 6.07 Å². The molecule has 0 fully saturated rings. The molecule has 2 heterocycles. The maximum absolute atomic E-state index is 12.6. The molecule has 0 aliphatic rings. The standard InChI is InChI=1S/C13H11ClF3N3O2/c1-7-3-11(12(21)22-2)20(19-7)6-10-9(14)4-8(5-18-10)13(15,16)17/h3-5H,6H2,1-2H3. The lowest BCUT2D eigenvalue weighted by Gasteiger charge is -2.10. The highest BCUT2D eigenvalue weighted by Gasteiger charge is 2.31. The summed E-state index contributed by atoms with van der Waals surface area (Å²) in [7, 11) is 1.22. The van der Waals surface area contributed by atoms with E-state index in [1.54, 1.807) is 6.92 Å². The second-order valence-corrected chi connectivity index (χ2v) is 4.88. The number of ether oxygens (including phenoxy) is 1. The van der Waals surface area contributed by atoms with E-state index in [-0.39, 0.29) is 23.0 Å². The Morgan fingerprint density at radius 3 is 2.64 bits per heavy atom. The van der Waals surface area contributed by atoms with Gasteiger partial charge in [-0.2, -0.15) is 18.3 Å². The fourth-order valence-corrected chi connectivity index (χ4v) is 2.04. The van der Waals surface area contributed by atoms with Crippen LogP contribution in [0, 0.1) is 6.92 Å². The van der Waals surface area contributed by atoms with Gasteiger partial charge < -0.3 is 4.74 Å². The number of hydrogen-bond donors (Lipinski definition) is 0. The maximum atomic E-state index is 12.6. The number of aryl methyl sites for hydroxylation is 1. The number of halogens is 4. The Morgan fingerprint density at radius 1 is 1.41 bits per heavy atom. The first kappa shape index (κ1) is 16.3. The zero-order chi connectivity index (χ0) is 16.5. The van der Waals surface area contributed by atoms with Crippen LogP contribution in [0.2, 0.25) is 5.02 Å². The zero-order valence-electron chi connectivity index (χ0n) is 11.6. The van der Waals surface area contributed by atoms with Crippen molar-refractivity contribution in [3.8, 4) is 0 Å². The molecule has 9 heteroatoms. The van der Waals surface area contributed by atoms with Crippen LogP contribution in [-0.2, 0) is 17.5 Å².